The van der Waals surface area contributed by atoms with Gasteiger partial charge in [0.1, 0.15) is 5.82 Å². The molecule has 0 amide bonds. The number of pyridine rings is 1. The lowest BCUT2D eigenvalue weighted by Gasteiger charge is -2.26. The average molecular weight is 235 g/mol. The minimum Gasteiger partial charge on any atom is -0.394 e. The molecule has 1 aromatic heterocycles. The first-order valence-electron chi connectivity index (χ1n) is 6.21. The van der Waals surface area contributed by atoms with Gasteiger partial charge in [-0.2, -0.15) is 0 Å². The third kappa shape index (κ3) is 2.42. The summed E-state index contributed by atoms with van der Waals surface area (Å²) in [6, 6.07) is 4.24. The van der Waals surface area contributed by atoms with Gasteiger partial charge in [-0.1, -0.05) is 6.92 Å². The van der Waals surface area contributed by atoms with Gasteiger partial charge in [-0.15, -0.1) is 0 Å². The van der Waals surface area contributed by atoms with E-state index in [0.717, 1.165) is 30.0 Å². The summed E-state index contributed by atoms with van der Waals surface area (Å²) in [5.41, 5.74) is 7.77. The normalized spacial score (nSPS) is 24.4. The van der Waals surface area contributed by atoms with E-state index in [0.29, 0.717) is 12.5 Å². The number of rotatable bonds is 3. The Morgan fingerprint density at radius 1 is 1.53 bits per heavy atom. The minimum absolute atomic E-state index is 0.189. The van der Waals surface area contributed by atoms with E-state index in [4.69, 9.17) is 5.73 Å². The van der Waals surface area contributed by atoms with Gasteiger partial charge in [0.15, 0.2) is 0 Å². The third-order valence-corrected chi connectivity index (χ3v) is 3.60. The molecule has 0 aromatic carbocycles. The average Bonchev–Trinajstić information content (AvgIpc) is 2.69. The number of hydrogen-bond donors (Lipinski definition) is 2. The highest BCUT2D eigenvalue weighted by atomic mass is 16.3. The number of aliphatic hydroxyl groups excluding tert-OH is 1. The monoisotopic (exact) mass is 235 g/mol. The molecule has 1 fully saturated rings. The summed E-state index contributed by atoms with van der Waals surface area (Å²) in [5.74, 6) is 1.47. The molecule has 2 heterocycles. The van der Waals surface area contributed by atoms with Crippen molar-refractivity contribution in [2.75, 3.05) is 18.1 Å². The van der Waals surface area contributed by atoms with Crippen LogP contribution in [-0.2, 0) is 6.54 Å². The highest BCUT2D eigenvalue weighted by Gasteiger charge is 2.31. The summed E-state index contributed by atoms with van der Waals surface area (Å²) < 4.78 is 0. The summed E-state index contributed by atoms with van der Waals surface area (Å²) in [4.78, 5) is 6.76. The van der Waals surface area contributed by atoms with Crippen molar-refractivity contribution in [3.05, 3.63) is 23.4 Å². The molecule has 0 spiro atoms. The highest BCUT2D eigenvalue weighted by molar-refractivity contribution is 5.45. The molecule has 1 aliphatic heterocycles. The zero-order valence-corrected chi connectivity index (χ0v) is 10.6. The third-order valence-electron chi connectivity index (χ3n) is 3.60. The van der Waals surface area contributed by atoms with Gasteiger partial charge in [0.25, 0.3) is 0 Å². The molecule has 1 aliphatic rings. The molecule has 94 valence electrons. The number of aliphatic hydroxyl groups is 1. The van der Waals surface area contributed by atoms with Crippen LogP contribution in [0.4, 0.5) is 5.82 Å². The minimum atomic E-state index is 0.189. The van der Waals surface area contributed by atoms with Crippen molar-refractivity contribution in [3.63, 3.8) is 0 Å². The zero-order valence-electron chi connectivity index (χ0n) is 10.6. The molecule has 4 heteroatoms. The smallest absolute Gasteiger partial charge is 0.129 e. The fraction of sp³-hybridized carbons (Fsp3) is 0.615. The summed E-state index contributed by atoms with van der Waals surface area (Å²) >= 11 is 0. The van der Waals surface area contributed by atoms with E-state index in [9.17, 15) is 5.11 Å². The van der Waals surface area contributed by atoms with Gasteiger partial charge < -0.3 is 15.7 Å². The summed E-state index contributed by atoms with van der Waals surface area (Å²) in [6.45, 7) is 5.85. The van der Waals surface area contributed by atoms with E-state index in [2.05, 4.69) is 16.8 Å². The van der Waals surface area contributed by atoms with Crippen LogP contribution in [0.5, 0.6) is 0 Å². The molecule has 0 saturated carbocycles. The maximum Gasteiger partial charge on any atom is 0.129 e. The van der Waals surface area contributed by atoms with E-state index in [1.807, 2.05) is 19.1 Å². The van der Waals surface area contributed by atoms with E-state index >= 15 is 0 Å². The first-order valence-corrected chi connectivity index (χ1v) is 6.21. The molecule has 0 aliphatic carbocycles. The SMILES string of the molecule is Cc1cc(CN)cc(N2CCC(C)C2CO)n1. The van der Waals surface area contributed by atoms with Crippen LogP contribution in [0.25, 0.3) is 0 Å². The van der Waals surface area contributed by atoms with E-state index in [1.54, 1.807) is 0 Å². The molecule has 17 heavy (non-hydrogen) atoms. The molecule has 1 saturated heterocycles. The second-order valence-corrected chi connectivity index (χ2v) is 4.89. The zero-order chi connectivity index (χ0) is 12.4. The summed E-state index contributed by atoms with van der Waals surface area (Å²) in [6.07, 6.45) is 1.11. The lowest BCUT2D eigenvalue weighted by Crippen LogP contribution is -2.35. The second kappa shape index (κ2) is 5.02. The van der Waals surface area contributed by atoms with Crippen molar-refractivity contribution in [2.45, 2.75) is 32.9 Å². The van der Waals surface area contributed by atoms with E-state index in [1.165, 1.54) is 0 Å². The van der Waals surface area contributed by atoms with Crippen LogP contribution in [0.1, 0.15) is 24.6 Å². The fourth-order valence-electron chi connectivity index (χ4n) is 2.56. The standard InChI is InChI=1S/C13H21N3O/c1-9-3-4-16(12(9)8-17)13-6-11(7-14)5-10(2)15-13/h5-6,9,12,17H,3-4,7-8,14H2,1-2H3. The number of nitrogens with two attached hydrogens (primary N) is 1. The quantitative estimate of drug-likeness (QED) is 0.822. The molecule has 2 atom stereocenters. The van der Waals surface area contributed by atoms with Crippen LogP contribution in [0.15, 0.2) is 12.1 Å². The molecular weight excluding hydrogens is 214 g/mol. The Hall–Kier alpha value is -1.13. The molecule has 2 unspecified atom stereocenters. The molecule has 2 rings (SSSR count). The first-order chi connectivity index (χ1) is 8.15. The Morgan fingerprint density at radius 2 is 2.29 bits per heavy atom. The maximum absolute atomic E-state index is 9.47. The van der Waals surface area contributed by atoms with E-state index < -0.39 is 0 Å². The molecule has 1 aromatic rings. The Balaban J connectivity index is 2.30. The first kappa shape index (κ1) is 12.3. The number of anilines is 1. The summed E-state index contributed by atoms with van der Waals surface area (Å²) in [7, 11) is 0. The van der Waals surface area contributed by atoms with Crippen molar-refractivity contribution in [1.82, 2.24) is 4.98 Å². The number of nitrogens with zero attached hydrogens (tertiary/aromatic N) is 2. The van der Waals surface area contributed by atoms with Crippen LogP contribution < -0.4 is 10.6 Å². The van der Waals surface area contributed by atoms with Gasteiger partial charge in [-0.25, -0.2) is 4.98 Å². The predicted molar refractivity (Wildman–Crippen MR) is 68.9 cm³/mol. The van der Waals surface area contributed by atoms with Crippen molar-refractivity contribution < 1.29 is 5.11 Å². The van der Waals surface area contributed by atoms with E-state index in [-0.39, 0.29) is 12.6 Å². The maximum atomic E-state index is 9.47. The Bertz CT molecular complexity index is 394. The Morgan fingerprint density at radius 3 is 2.94 bits per heavy atom. The lowest BCUT2D eigenvalue weighted by molar-refractivity contribution is 0.244. The lowest BCUT2D eigenvalue weighted by atomic mass is 10.0. The largest absolute Gasteiger partial charge is 0.394 e. The van der Waals surface area contributed by atoms with Crippen LogP contribution in [-0.4, -0.2) is 29.3 Å². The molecule has 3 N–H and O–H groups in total. The predicted octanol–water partition coefficient (Wildman–Crippen LogP) is 1.06. The Labute approximate surface area is 102 Å². The second-order valence-electron chi connectivity index (χ2n) is 4.89. The van der Waals surface area contributed by atoms with Crippen LogP contribution >= 0.6 is 0 Å². The van der Waals surface area contributed by atoms with Crippen LogP contribution in [0.3, 0.4) is 0 Å². The fourth-order valence-corrected chi connectivity index (χ4v) is 2.56. The van der Waals surface area contributed by atoms with Crippen molar-refractivity contribution in [1.29, 1.82) is 0 Å². The van der Waals surface area contributed by atoms with Crippen LogP contribution in [0.2, 0.25) is 0 Å². The molecule has 4 nitrogen and oxygen atoms in total. The molecular formula is C13H21N3O. The van der Waals surface area contributed by atoms with Gasteiger partial charge in [-0.05, 0) is 37.0 Å². The van der Waals surface area contributed by atoms with Gasteiger partial charge >= 0.3 is 0 Å². The molecule has 0 bridgehead atoms. The van der Waals surface area contributed by atoms with Gasteiger partial charge in [0.05, 0.1) is 12.6 Å². The van der Waals surface area contributed by atoms with Gasteiger partial charge in [0.2, 0.25) is 0 Å². The Kier molecular flexibility index (Phi) is 3.64. The number of hydrogen-bond acceptors (Lipinski definition) is 4. The van der Waals surface area contributed by atoms with Crippen LogP contribution in [0, 0.1) is 12.8 Å². The molecule has 0 radical (unpaired) electrons. The van der Waals surface area contributed by atoms with Gasteiger partial charge in [-0.3, -0.25) is 0 Å². The van der Waals surface area contributed by atoms with Crippen molar-refractivity contribution >= 4 is 5.82 Å². The number of aromatic nitrogens is 1. The number of aryl methyl sites for hydroxylation is 1. The van der Waals surface area contributed by atoms with Crippen molar-refractivity contribution in [2.24, 2.45) is 11.7 Å². The topological polar surface area (TPSA) is 62.4 Å². The highest BCUT2D eigenvalue weighted by Crippen LogP contribution is 2.28. The summed E-state index contributed by atoms with van der Waals surface area (Å²) in [5, 5.41) is 9.47. The van der Waals surface area contributed by atoms with Gasteiger partial charge in [0, 0.05) is 18.8 Å². The van der Waals surface area contributed by atoms with Crippen molar-refractivity contribution in [3.8, 4) is 0 Å².